The summed E-state index contributed by atoms with van der Waals surface area (Å²) >= 11 is 0. The molecule has 0 amide bonds. The maximum atomic E-state index is 10.8. The number of nitrogens with zero attached hydrogens (tertiary/aromatic N) is 2. The fraction of sp³-hybridized carbons (Fsp3) is 0.231. The van der Waals surface area contributed by atoms with Gasteiger partial charge in [-0.15, -0.1) is 6.42 Å². The van der Waals surface area contributed by atoms with Crippen LogP contribution in [-0.4, -0.2) is 31.3 Å². The van der Waals surface area contributed by atoms with Crippen LogP contribution in [0.5, 0.6) is 5.75 Å². The molecular formula is C13H12N2O3. The number of nitriles is 1. The standard InChI is InChI=1S/C13H12N2O3/c1-3-6-15(9-13(16)17)12-7-11(18-2)5-4-10(12)8-14/h1,4-5,7H,6,9H2,2H3,(H,16,17). The Morgan fingerprint density at radius 3 is 2.83 bits per heavy atom. The number of methoxy groups -OCH3 is 1. The van der Waals surface area contributed by atoms with E-state index in [2.05, 4.69) is 5.92 Å². The molecule has 1 N–H and O–H groups in total. The van der Waals surface area contributed by atoms with Crippen LogP contribution in [0.15, 0.2) is 18.2 Å². The summed E-state index contributed by atoms with van der Waals surface area (Å²) in [5.41, 5.74) is 0.810. The van der Waals surface area contributed by atoms with Crippen molar-refractivity contribution in [2.45, 2.75) is 0 Å². The molecule has 0 unspecified atom stereocenters. The van der Waals surface area contributed by atoms with E-state index in [0.29, 0.717) is 17.0 Å². The van der Waals surface area contributed by atoms with E-state index in [9.17, 15) is 4.79 Å². The van der Waals surface area contributed by atoms with Crippen LogP contribution in [0.3, 0.4) is 0 Å². The summed E-state index contributed by atoms with van der Waals surface area (Å²) < 4.78 is 5.05. The first-order chi connectivity index (χ1) is 8.62. The number of benzene rings is 1. The average molecular weight is 244 g/mol. The second-order valence-electron chi connectivity index (χ2n) is 3.45. The molecule has 0 atom stereocenters. The molecule has 18 heavy (non-hydrogen) atoms. The third-order valence-electron chi connectivity index (χ3n) is 2.27. The van der Waals surface area contributed by atoms with E-state index < -0.39 is 5.97 Å². The third kappa shape index (κ3) is 3.16. The van der Waals surface area contributed by atoms with Gasteiger partial charge in [-0.2, -0.15) is 5.26 Å². The summed E-state index contributed by atoms with van der Waals surface area (Å²) in [5, 5.41) is 17.9. The second kappa shape index (κ2) is 6.17. The van der Waals surface area contributed by atoms with Gasteiger partial charge in [-0.25, -0.2) is 0 Å². The van der Waals surface area contributed by atoms with Gasteiger partial charge >= 0.3 is 5.97 Å². The second-order valence-corrected chi connectivity index (χ2v) is 3.45. The monoisotopic (exact) mass is 244 g/mol. The molecule has 0 aliphatic heterocycles. The predicted molar refractivity (Wildman–Crippen MR) is 66.4 cm³/mol. The molecule has 5 nitrogen and oxygen atoms in total. The summed E-state index contributed by atoms with van der Waals surface area (Å²) in [5.74, 6) is 1.89. The molecule has 0 aliphatic rings. The molecule has 0 aromatic heterocycles. The van der Waals surface area contributed by atoms with Gasteiger partial charge in [0.15, 0.2) is 0 Å². The van der Waals surface area contributed by atoms with Crippen molar-refractivity contribution in [3.05, 3.63) is 23.8 Å². The number of aliphatic carboxylic acids is 1. The Hall–Kier alpha value is -2.66. The first-order valence-electron chi connectivity index (χ1n) is 5.10. The van der Waals surface area contributed by atoms with E-state index in [-0.39, 0.29) is 13.1 Å². The van der Waals surface area contributed by atoms with E-state index in [1.165, 1.54) is 12.0 Å². The van der Waals surface area contributed by atoms with Crippen molar-refractivity contribution < 1.29 is 14.6 Å². The summed E-state index contributed by atoms with van der Waals surface area (Å²) in [6.45, 7) is -0.166. The van der Waals surface area contributed by atoms with E-state index >= 15 is 0 Å². The van der Waals surface area contributed by atoms with Crippen LogP contribution < -0.4 is 9.64 Å². The van der Waals surface area contributed by atoms with Crippen molar-refractivity contribution in [3.8, 4) is 24.2 Å². The molecule has 0 fully saturated rings. The fourth-order valence-electron chi connectivity index (χ4n) is 1.49. The van der Waals surface area contributed by atoms with Crippen LogP contribution in [0.4, 0.5) is 5.69 Å². The number of terminal acetylenes is 1. The molecule has 0 spiro atoms. The third-order valence-corrected chi connectivity index (χ3v) is 2.27. The summed E-state index contributed by atoms with van der Waals surface area (Å²) in [6, 6.07) is 6.80. The molecule has 0 radical (unpaired) electrons. The van der Waals surface area contributed by atoms with Crippen LogP contribution in [0.2, 0.25) is 0 Å². The highest BCUT2D eigenvalue weighted by molar-refractivity contribution is 5.76. The van der Waals surface area contributed by atoms with Gasteiger partial charge in [0.1, 0.15) is 18.4 Å². The van der Waals surface area contributed by atoms with Crippen LogP contribution >= 0.6 is 0 Å². The van der Waals surface area contributed by atoms with Gasteiger partial charge < -0.3 is 14.7 Å². The predicted octanol–water partition coefficient (Wildman–Crippen LogP) is 1.09. The number of hydrogen-bond acceptors (Lipinski definition) is 4. The van der Waals surface area contributed by atoms with E-state index in [1.54, 1.807) is 18.2 Å². The van der Waals surface area contributed by atoms with Crippen LogP contribution in [0, 0.1) is 23.7 Å². The number of carboxylic acid groups (broad SMARTS) is 1. The average Bonchev–Trinajstić information content (AvgIpc) is 2.37. The molecule has 0 aliphatic carbocycles. The van der Waals surface area contributed by atoms with Crippen molar-refractivity contribution >= 4 is 11.7 Å². The topological polar surface area (TPSA) is 73.6 Å². The lowest BCUT2D eigenvalue weighted by Gasteiger charge is -2.21. The number of anilines is 1. The number of hydrogen-bond donors (Lipinski definition) is 1. The Morgan fingerprint density at radius 2 is 2.33 bits per heavy atom. The van der Waals surface area contributed by atoms with Crippen LogP contribution in [0.1, 0.15) is 5.56 Å². The number of carbonyl (C=O) groups is 1. The van der Waals surface area contributed by atoms with Gasteiger partial charge in [-0.1, -0.05) is 5.92 Å². The van der Waals surface area contributed by atoms with Crippen molar-refractivity contribution in [2.75, 3.05) is 25.1 Å². The zero-order valence-electron chi connectivity index (χ0n) is 9.88. The molecule has 1 aromatic carbocycles. The SMILES string of the molecule is C#CCN(CC(=O)O)c1cc(OC)ccc1C#N. The van der Waals surface area contributed by atoms with Gasteiger partial charge in [0.05, 0.1) is 24.9 Å². The van der Waals surface area contributed by atoms with Gasteiger partial charge in [0.25, 0.3) is 0 Å². The Labute approximate surface area is 105 Å². The zero-order chi connectivity index (χ0) is 13.5. The molecule has 0 heterocycles. The molecule has 0 bridgehead atoms. The van der Waals surface area contributed by atoms with Gasteiger partial charge in [0.2, 0.25) is 0 Å². The fourth-order valence-corrected chi connectivity index (χ4v) is 1.49. The van der Waals surface area contributed by atoms with Crippen LogP contribution in [0.25, 0.3) is 0 Å². The summed E-state index contributed by atoms with van der Waals surface area (Å²) in [6.07, 6.45) is 5.21. The summed E-state index contributed by atoms with van der Waals surface area (Å²) in [7, 11) is 1.49. The molecule has 0 saturated heterocycles. The molecule has 1 rings (SSSR count). The first kappa shape index (κ1) is 13.4. The Morgan fingerprint density at radius 1 is 1.61 bits per heavy atom. The Balaban J connectivity index is 3.20. The molecular weight excluding hydrogens is 232 g/mol. The van der Waals surface area contributed by atoms with Gasteiger partial charge in [-0.05, 0) is 12.1 Å². The molecule has 5 heteroatoms. The lowest BCUT2D eigenvalue weighted by Crippen LogP contribution is -2.30. The van der Waals surface area contributed by atoms with Crippen molar-refractivity contribution in [2.24, 2.45) is 0 Å². The minimum Gasteiger partial charge on any atom is -0.497 e. The molecule has 92 valence electrons. The van der Waals surface area contributed by atoms with E-state index in [0.717, 1.165) is 0 Å². The lowest BCUT2D eigenvalue weighted by molar-refractivity contribution is -0.135. The Bertz CT molecular complexity index is 526. The largest absolute Gasteiger partial charge is 0.497 e. The molecule has 0 saturated carbocycles. The smallest absolute Gasteiger partial charge is 0.323 e. The maximum Gasteiger partial charge on any atom is 0.323 e. The van der Waals surface area contributed by atoms with Crippen LogP contribution in [-0.2, 0) is 4.79 Å². The number of carboxylic acids is 1. The number of ether oxygens (including phenoxy) is 1. The highest BCUT2D eigenvalue weighted by Gasteiger charge is 2.14. The first-order valence-corrected chi connectivity index (χ1v) is 5.10. The zero-order valence-corrected chi connectivity index (χ0v) is 9.88. The van der Waals surface area contributed by atoms with Gasteiger partial charge in [-0.3, -0.25) is 4.79 Å². The van der Waals surface area contributed by atoms with E-state index in [1.807, 2.05) is 6.07 Å². The maximum absolute atomic E-state index is 10.8. The van der Waals surface area contributed by atoms with Crippen molar-refractivity contribution in [1.29, 1.82) is 5.26 Å². The minimum atomic E-state index is -1.02. The quantitative estimate of drug-likeness (QED) is 0.785. The highest BCUT2D eigenvalue weighted by Crippen LogP contribution is 2.25. The minimum absolute atomic E-state index is 0.105. The molecule has 1 aromatic rings. The lowest BCUT2D eigenvalue weighted by atomic mass is 10.1. The number of rotatable bonds is 5. The summed E-state index contributed by atoms with van der Waals surface area (Å²) in [4.78, 5) is 12.2. The highest BCUT2D eigenvalue weighted by atomic mass is 16.5. The van der Waals surface area contributed by atoms with E-state index in [4.69, 9.17) is 21.5 Å². The van der Waals surface area contributed by atoms with Gasteiger partial charge in [0, 0.05) is 6.07 Å². The Kier molecular flexibility index (Phi) is 4.59. The van der Waals surface area contributed by atoms with Crippen molar-refractivity contribution in [1.82, 2.24) is 0 Å². The normalized spacial score (nSPS) is 9.06. The van der Waals surface area contributed by atoms with Crippen molar-refractivity contribution in [3.63, 3.8) is 0 Å².